The zero-order valence-corrected chi connectivity index (χ0v) is 21.9. The first-order valence-corrected chi connectivity index (χ1v) is 12.3. The average Bonchev–Trinajstić information content (AvgIpc) is 3.43. The molecule has 8 nitrogen and oxygen atoms in total. The standard InChI is InChI=1S/C28H35N3O5/c1-27(2,3)18-9-11-19(12-10-18)28(4)25(33)31(26(34)29-28)17-24(32)30-15-7-8-22(30)21-16-20(35-5)13-14-23(21)36-6/h9-14,16,22H,7-8,15,17H2,1-6H3,(H,29,34). The van der Waals surface area contributed by atoms with Gasteiger partial charge in [0.15, 0.2) is 0 Å². The second-order valence-corrected chi connectivity index (χ2v) is 10.6. The van der Waals surface area contributed by atoms with Gasteiger partial charge < -0.3 is 19.7 Å². The van der Waals surface area contributed by atoms with Gasteiger partial charge in [0.1, 0.15) is 23.6 Å². The van der Waals surface area contributed by atoms with Crippen LogP contribution in [0.25, 0.3) is 0 Å². The molecule has 0 bridgehead atoms. The number of rotatable bonds is 6. The van der Waals surface area contributed by atoms with Gasteiger partial charge in [0.05, 0.1) is 20.3 Å². The number of urea groups is 1. The number of carbonyl (C=O) groups is 3. The van der Waals surface area contributed by atoms with Gasteiger partial charge in [-0.25, -0.2) is 4.79 Å². The van der Waals surface area contributed by atoms with E-state index in [1.54, 1.807) is 26.0 Å². The van der Waals surface area contributed by atoms with Crippen molar-refractivity contribution in [3.8, 4) is 11.5 Å². The van der Waals surface area contributed by atoms with E-state index >= 15 is 0 Å². The third-order valence-corrected chi connectivity index (χ3v) is 7.27. The number of imide groups is 1. The van der Waals surface area contributed by atoms with Crippen LogP contribution >= 0.6 is 0 Å². The maximum absolute atomic E-state index is 13.4. The smallest absolute Gasteiger partial charge is 0.325 e. The highest BCUT2D eigenvalue weighted by molar-refractivity contribution is 6.09. The molecular weight excluding hydrogens is 458 g/mol. The van der Waals surface area contributed by atoms with Gasteiger partial charge in [0, 0.05) is 12.1 Å². The molecule has 0 spiro atoms. The van der Waals surface area contributed by atoms with Gasteiger partial charge in [-0.15, -0.1) is 0 Å². The number of hydrogen-bond acceptors (Lipinski definition) is 5. The summed E-state index contributed by atoms with van der Waals surface area (Å²) >= 11 is 0. The topological polar surface area (TPSA) is 88.2 Å². The van der Waals surface area contributed by atoms with Crippen molar-refractivity contribution in [1.29, 1.82) is 0 Å². The van der Waals surface area contributed by atoms with E-state index in [0.717, 1.165) is 28.9 Å². The average molecular weight is 494 g/mol. The minimum Gasteiger partial charge on any atom is -0.497 e. The van der Waals surface area contributed by atoms with Crippen LogP contribution in [-0.2, 0) is 20.5 Å². The van der Waals surface area contributed by atoms with Crippen LogP contribution < -0.4 is 14.8 Å². The molecule has 2 heterocycles. The molecule has 1 N–H and O–H groups in total. The highest BCUT2D eigenvalue weighted by Crippen LogP contribution is 2.39. The van der Waals surface area contributed by atoms with Crippen LogP contribution in [0.1, 0.15) is 63.3 Å². The van der Waals surface area contributed by atoms with E-state index in [9.17, 15) is 14.4 Å². The molecule has 2 unspecified atom stereocenters. The number of nitrogens with zero attached hydrogens (tertiary/aromatic N) is 2. The monoisotopic (exact) mass is 493 g/mol. The van der Waals surface area contributed by atoms with E-state index in [1.807, 2.05) is 42.5 Å². The maximum Gasteiger partial charge on any atom is 0.325 e. The van der Waals surface area contributed by atoms with Gasteiger partial charge in [0.2, 0.25) is 5.91 Å². The number of hydrogen-bond donors (Lipinski definition) is 1. The van der Waals surface area contributed by atoms with Crippen LogP contribution in [0, 0.1) is 0 Å². The first-order chi connectivity index (χ1) is 17.0. The number of amides is 4. The summed E-state index contributed by atoms with van der Waals surface area (Å²) in [5.74, 6) is 0.631. The zero-order chi connectivity index (χ0) is 26.3. The van der Waals surface area contributed by atoms with Crippen molar-refractivity contribution in [2.75, 3.05) is 27.3 Å². The number of nitrogens with one attached hydrogen (secondary N) is 1. The lowest BCUT2D eigenvalue weighted by atomic mass is 9.84. The van der Waals surface area contributed by atoms with Crippen molar-refractivity contribution < 1.29 is 23.9 Å². The lowest BCUT2D eigenvalue weighted by Gasteiger charge is -2.28. The maximum atomic E-state index is 13.4. The molecule has 0 aliphatic carbocycles. The number of likely N-dealkylation sites (tertiary alicyclic amines) is 1. The normalized spacial score (nSPS) is 22.1. The van der Waals surface area contributed by atoms with Crippen molar-refractivity contribution in [1.82, 2.24) is 15.1 Å². The van der Waals surface area contributed by atoms with Crippen molar-refractivity contribution in [2.45, 2.75) is 57.5 Å². The Kier molecular flexibility index (Phi) is 6.73. The molecule has 2 atom stereocenters. The summed E-state index contributed by atoms with van der Waals surface area (Å²) in [5, 5.41) is 2.81. The Hall–Kier alpha value is -3.55. The summed E-state index contributed by atoms with van der Waals surface area (Å²) in [6.45, 7) is 8.26. The molecule has 4 amide bonds. The quantitative estimate of drug-likeness (QED) is 0.612. The largest absolute Gasteiger partial charge is 0.497 e. The van der Waals surface area contributed by atoms with E-state index in [4.69, 9.17) is 9.47 Å². The summed E-state index contributed by atoms with van der Waals surface area (Å²) in [5.41, 5.74) is 1.41. The molecule has 2 aromatic carbocycles. The van der Waals surface area contributed by atoms with Crippen LogP contribution in [0.2, 0.25) is 0 Å². The number of benzene rings is 2. The Bertz CT molecular complexity index is 1170. The van der Waals surface area contributed by atoms with E-state index in [0.29, 0.717) is 23.6 Å². The molecule has 36 heavy (non-hydrogen) atoms. The van der Waals surface area contributed by atoms with E-state index in [2.05, 4.69) is 26.1 Å². The second kappa shape index (κ2) is 9.48. The summed E-state index contributed by atoms with van der Waals surface area (Å²) in [6, 6.07) is 12.4. The first-order valence-electron chi connectivity index (χ1n) is 12.3. The zero-order valence-electron chi connectivity index (χ0n) is 21.9. The number of methoxy groups -OCH3 is 2. The van der Waals surface area contributed by atoms with Gasteiger partial charge in [-0.3, -0.25) is 14.5 Å². The summed E-state index contributed by atoms with van der Waals surface area (Å²) < 4.78 is 10.9. The van der Waals surface area contributed by atoms with E-state index in [1.165, 1.54) is 0 Å². The van der Waals surface area contributed by atoms with Gasteiger partial charge in [0.25, 0.3) is 5.91 Å². The predicted octanol–water partition coefficient (Wildman–Crippen LogP) is 4.13. The fourth-order valence-corrected chi connectivity index (χ4v) is 5.05. The summed E-state index contributed by atoms with van der Waals surface area (Å²) in [6.07, 6.45) is 1.57. The molecule has 2 saturated heterocycles. The Labute approximate surface area is 212 Å². The number of carbonyl (C=O) groups excluding carboxylic acids is 3. The van der Waals surface area contributed by atoms with Gasteiger partial charge >= 0.3 is 6.03 Å². The minimum absolute atomic E-state index is 0.0292. The first kappa shape index (κ1) is 25.5. The highest BCUT2D eigenvalue weighted by Gasteiger charge is 2.50. The Morgan fingerprint density at radius 3 is 2.39 bits per heavy atom. The second-order valence-electron chi connectivity index (χ2n) is 10.6. The van der Waals surface area contributed by atoms with Crippen LogP contribution in [0.3, 0.4) is 0 Å². The third kappa shape index (κ3) is 4.52. The van der Waals surface area contributed by atoms with Crippen LogP contribution in [0.4, 0.5) is 4.79 Å². The lowest BCUT2D eigenvalue weighted by molar-refractivity contribution is -0.139. The molecule has 2 aromatic rings. The van der Waals surface area contributed by atoms with Crippen molar-refractivity contribution >= 4 is 17.8 Å². The van der Waals surface area contributed by atoms with E-state index < -0.39 is 17.5 Å². The number of ether oxygens (including phenoxy) is 2. The molecule has 4 rings (SSSR count). The Balaban J connectivity index is 1.54. The summed E-state index contributed by atoms with van der Waals surface area (Å²) in [4.78, 5) is 42.5. The minimum atomic E-state index is -1.23. The SMILES string of the molecule is COc1ccc(OC)c(C2CCCN2C(=O)CN2C(=O)NC(C)(c3ccc(C(C)(C)C)cc3)C2=O)c1. The molecule has 0 aromatic heterocycles. The fourth-order valence-electron chi connectivity index (χ4n) is 5.05. The van der Waals surface area contributed by atoms with Crippen molar-refractivity contribution in [3.05, 3.63) is 59.2 Å². The van der Waals surface area contributed by atoms with Crippen molar-refractivity contribution in [3.63, 3.8) is 0 Å². The van der Waals surface area contributed by atoms with Crippen LogP contribution in [-0.4, -0.2) is 55.0 Å². The predicted molar refractivity (Wildman–Crippen MR) is 136 cm³/mol. The van der Waals surface area contributed by atoms with Crippen LogP contribution in [0.5, 0.6) is 11.5 Å². The lowest BCUT2D eigenvalue weighted by Crippen LogP contribution is -2.44. The molecule has 0 saturated carbocycles. The van der Waals surface area contributed by atoms with Gasteiger partial charge in [-0.2, -0.15) is 0 Å². The van der Waals surface area contributed by atoms with Crippen LogP contribution in [0.15, 0.2) is 42.5 Å². The molecule has 0 radical (unpaired) electrons. The summed E-state index contributed by atoms with van der Waals surface area (Å²) in [7, 11) is 3.18. The molecule has 2 aliphatic heterocycles. The molecule has 192 valence electrons. The fraction of sp³-hybridized carbons (Fsp3) is 0.464. The van der Waals surface area contributed by atoms with Gasteiger partial charge in [-0.05, 0) is 54.5 Å². The Morgan fingerprint density at radius 2 is 1.78 bits per heavy atom. The highest BCUT2D eigenvalue weighted by atomic mass is 16.5. The van der Waals surface area contributed by atoms with Gasteiger partial charge in [-0.1, -0.05) is 45.0 Å². The molecule has 2 fully saturated rings. The van der Waals surface area contributed by atoms with E-state index in [-0.39, 0.29) is 23.9 Å². The third-order valence-electron chi connectivity index (χ3n) is 7.27. The molecule has 8 heteroatoms. The molecule has 2 aliphatic rings. The molecular formula is C28H35N3O5. The Morgan fingerprint density at radius 1 is 1.08 bits per heavy atom. The van der Waals surface area contributed by atoms with Crippen molar-refractivity contribution in [2.24, 2.45) is 0 Å².